The molecule has 3 aromatic rings. The fourth-order valence-corrected chi connectivity index (χ4v) is 5.60. The summed E-state index contributed by atoms with van der Waals surface area (Å²) in [6.07, 6.45) is -5.89. The first-order valence-electron chi connectivity index (χ1n) is 14.6. The van der Waals surface area contributed by atoms with Crippen LogP contribution in [0, 0.1) is 5.92 Å². The minimum atomic E-state index is -4.57. The van der Waals surface area contributed by atoms with Crippen LogP contribution in [0.15, 0.2) is 72.8 Å². The Kier molecular flexibility index (Phi) is 10.6. The average molecular weight is 623 g/mol. The maximum atomic E-state index is 13.2. The first-order chi connectivity index (χ1) is 20.8. The van der Waals surface area contributed by atoms with Crippen molar-refractivity contribution in [2.75, 3.05) is 25.0 Å². The Morgan fingerprint density at radius 2 is 1.27 bits per heavy atom. The number of anilines is 1. The van der Waals surface area contributed by atoms with Crippen LogP contribution in [0.3, 0.4) is 0 Å². The first kappa shape index (κ1) is 33.3. The number of hydrogen-bond donors (Lipinski definition) is 2. The maximum Gasteiger partial charge on any atom is 0.416 e. The number of alkyl halides is 6. The third-order valence-electron chi connectivity index (χ3n) is 8.07. The molecular formula is C33H36F6N2O3. The molecule has 1 fully saturated rings. The van der Waals surface area contributed by atoms with Crippen molar-refractivity contribution in [2.24, 2.45) is 5.92 Å². The van der Waals surface area contributed by atoms with Crippen LogP contribution in [-0.4, -0.2) is 35.8 Å². The van der Waals surface area contributed by atoms with Crippen LogP contribution < -0.4 is 5.32 Å². The van der Waals surface area contributed by atoms with Gasteiger partial charge >= 0.3 is 18.4 Å². The highest BCUT2D eigenvalue weighted by Gasteiger charge is 2.43. The zero-order valence-corrected chi connectivity index (χ0v) is 24.3. The Labute approximate surface area is 252 Å². The van der Waals surface area contributed by atoms with Crippen LogP contribution >= 0.6 is 0 Å². The first-order valence-corrected chi connectivity index (χ1v) is 14.6. The normalized spacial score (nSPS) is 15.3. The summed E-state index contributed by atoms with van der Waals surface area (Å²) in [6, 6.07) is 15.6. The second-order valence-electron chi connectivity index (χ2n) is 11.1. The number of nitrogens with one attached hydrogen (secondary N) is 1. The molecule has 1 heterocycles. The highest BCUT2D eigenvalue weighted by Crippen LogP contribution is 2.44. The van der Waals surface area contributed by atoms with Crippen molar-refractivity contribution in [3.8, 4) is 0 Å². The summed E-state index contributed by atoms with van der Waals surface area (Å²) < 4.78 is 84.5. The van der Waals surface area contributed by atoms with Crippen molar-refractivity contribution < 1.29 is 41.0 Å². The zero-order chi connectivity index (χ0) is 32.0. The summed E-state index contributed by atoms with van der Waals surface area (Å²) >= 11 is 0. The molecule has 11 heteroatoms. The van der Waals surface area contributed by atoms with Gasteiger partial charge in [0.05, 0.1) is 17.7 Å². The van der Waals surface area contributed by atoms with Crippen LogP contribution in [0.1, 0.15) is 66.8 Å². The Hall–Kier alpha value is -3.57. The van der Waals surface area contributed by atoms with Crippen molar-refractivity contribution in [1.29, 1.82) is 0 Å². The molecule has 0 spiro atoms. The van der Waals surface area contributed by atoms with Crippen molar-refractivity contribution in [1.82, 2.24) is 4.90 Å². The van der Waals surface area contributed by atoms with Gasteiger partial charge in [0.1, 0.15) is 5.60 Å². The van der Waals surface area contributed by atoms with Crippen LogP contribution in [0.4, 0.5) is 36.8 Å². The van der Waals surface area contributed by atoms with Crippen molar-refractivity contribution in [3.05, 3.63) is 101 Å². The molecule has 4 rings (SSSR count). The number of carbonyl (C=O) groups is 1. The molecule has 2 N–H and O–H groups in total. The van der Waals surface area contributed by atoms with E-state index in [1.807, 2.05) is 12.1 Å². The topological polar surface area (TPSA) is 61.8 Å². The predicted molar refractivity (Wildman–Crippen MR) is 155 cm³/mol. The zero-order valence-electron chi connectivity index (χ0n) is 24.3. The number of benzene rings is 3. The summed E-state index contributed by atoms with van der Waals surface area (Å²) in [5, 5.41) is 14.8. The number of halogens is 6. The number of aliphatic hydroxyl groups is 1. The van der Waals surface area contributed by atoms with Gasteiger partial charge in [-0.25, -0.2) is 4.79 Å². The van der Waals surface area contributed by atoms with E-state index in [9.17, 15) is 36.2 Å². The van der Waals surface area contributed by atoms with Crippen LogP contribution in [0.5, 0.6) is 0 Å². The van der Waals surface area contributed by atoms with E-state index in [2.05, 4.69) is 17.1 Å². The molecule has 0 atom stereocenters. The van der Waals surface area contributed by atoms with Gasteiger partial charge in [0.25, 0.3) is 0 Å². The van der Waals surface area contributed by atoms with Gasteiger partial charge in [-0.05, 0) is 91.4 Å². The number of carbonyl (C=O) groups excluding carboxylic acids is 1. The van der Waals surface area contributed by atoms with Gasteiger partial charge in [0.2, 0.25) is 0 Å². The molecule has 0 radical (unpaired) electrons. The van der Waals surface area contributed by atoms with E-state index < -0.39 is 41.1 Å². The molecule has 0 aliphatic carbocycles. The molecule has 1 aliphatic heterocycles. The van der Waals surface area contributed by atoms with Gasteiger partial charge in [0, 0.05) is 12.2 Å². The Bertz CT molecular complexity index is 1290. The second-order valence-corrected chi connectivity index (χ2v) is 11.1. The molecule has 0 unspecified atom stereocenters. The van der Waals surface area contributed by atoms with Crippen molar-refractivity contribution in [2.45, 2.75) is 63.5 Å². The third kappa shape index (κ3) is 8.32. The highest BCUT2D eigenvalue weighted by atomic mass is 19.4. The van der Waals surface area contributed by atoms with Gasteiger partial charge in [-0.15, -0.1) is 0 Å². The summed E-state index contributed by atoms with van der Waals surface area (Å²) in [7, 11) is 0. The van der Waals surface area contributed by atoms with Crippen LogP contribution in [0.25, 0.3) is 0 Å². The highest BCUT2D eigenvalue weighted by molar-refractivity contribution is 5.84. The molecule has 1 amide bonds. The van der Waals surface area contributed by atoms with Gasteiger partial charge < -0.3 is 9.84 Å². The standard InChI is InChI=1S/C33H36F6N2O3/c1-2-3-4-21-44-30(42)40-29-15-5-23(6-16-29)22-41-19-17-26(18-20-41)31(43,24-7-11-27(12-8-24)32(34,35)36)25-9-13-28(14-10-25)33(37,38)39/h5-16,26,43H,2-4,17-22H2,1H3,(H,40,42). The molecule has 3 aromatic carbocycles. The third-order valence-corrected chi connectivity index (χ3v) is 8.07. The lowest BCUT2D eigenvalue weighted by molar-refractivity contribution is -0.138. The Balaban J connectivity index is 1.44. The van der Waals surface area contributed by atoms with E-state index in [0.717, 1.165) is 49.1 Å². The van der Waals surface area contributed by atoms with Gasteiger partial charge in [-0.1, -0.05) is 56.2 Å². The fraction of sp³-hybridized carbons (Fsp3) is 0.424. The van der Waals surface area contributed by atoms with Crippen molar-refractivity contribution >= 4 is 11.8 Å². The lowest BCUT2D eigenvalue weighted by atomic mass is 9.71. The molecule has 1 saturated heterocycles. The summed E-state index contributed by atoms with van der Waals surface area (Å²) in [5.74, 6) is -0.456. The SMILES string of the molecule is CCCCCOC(=O)Nc1ccc(CN2CCC(C(O)(c3ccc(C(F)(F)F)cc3)c3ccc(C(F)(F)F)cc3)CC2)cc1. The number of nitrogens with zero attached hydrogens (tertiary/aromatic N) is 1. The summed E-state index contributed by atoms with van der Waals surface area (Å²) in [4.78, 5) is 14.1. The van der Waals surface area contributed by atoms with E-state index in [0.29, 0.717) is 44.8 Å². The lowest BCUT2D eigenvalue weighted by Gasteiger charge is -2.42. The monoisotopic (exact) mass is 622 g/mol. The Morgan fingerprint density at radius 3 is 1.73 bits per heavy atom. The smallest absolute Gasteiger partial charge is 0.416 e. The maximum absolute atomic E-state index is 13.2. The number of unbranched alkanes of at least 4 members (excludes halogenated alkanes) is 2. The fourth-order valence-electron chi connectivity index (χ4n) is 5.60. The van der Waals surface area contributed by atoms with Gasteiger partial charge in [-0.3, -0.25) is 10.2 Å². The molecule has 1 aliphatic rings. The lowest BCUT2D eigenvalue weighted by Crippen LogP contribution is -2.44. The molecular weight excluding hydrogens is 586 g/mol. The second kappa shape index (κ2) is 14.0. The molecule has 0 bridgehead atoms. The molecule has 0 aromatic heterocycles. The number of hydrogen-bond acceptors (Lipinski definition) is 4. The van der Waals surface area contributed by atoms with Gasteiger partial charge in [-0.2, -0.15) is 26.3 Å². The quantitative estimate of drug-likeness (QED) is 0.176. The number of likely N-dealkylation sites (tertiary alicyclic amines) is 1. The molecule has 0 saturated carbocycles. The minimum absolute atomic E-state index is 0.190. The van der Waals surface area contributed by atoms with Crippen molar-refractivity contribution in [3.63, 3.8) is 0 Å². The molecule has 238 valence electrons. The number of ether oxygens (including phenoxy) is 1. The predicted octanol–water partition coefficient (Wildman–Crippen LogP) is 8.61. The van der Waals surface area contributed by atoms with E-state index in [4.69, 9.17) is 4.74 Å². The molecule has 44 heavy (non-hydrogen) atoms. The minimum Gasteiger partial charge on any atom is -0.449 e. The summed E-state index contributed by atoms with van der Waals surface area (Å²) in [5.41, 5.74) is -1.57. The van der Waals surface area contributed by atoms with E-state index in [-0.39, 0.29) is 11.1 Å². The average Bonchev–Trinajstić information content (AvgIpc) is 2.99. The molecule has 5 nitrogen and oxygen atoms in total. The number of rotatable bonds is 10. The van der Waals surface area contributed by atoms with E-state index in [1.54, 1.807) is 12.1 Å². The number of amides is 1. The van der Waals surface area contributed by atoms with Gasteiger partial charge in [0.15, 0.2) is 0 Å². The largest absolute Gasteiger partial charge is 0.449 e. The summed E-state index contributed by atoms with van der Waals surface area (Å²) in [6.45, 7) is 4.13. The Morgan fingerprint density at radius 1 is 0.795 bits per heavy atom. The van der Waals surface area contributed by atoms with E-state index in [1.165, 1.54) is 24.3 Å². The van der Waals surface area contributed by atoms with E-state index >= 15 is 0 Å². The van der Waals surface area contributed by atoms with Crippen LogP contribution in [-0.2, 0) is 29.2 Å². The van der Waals surface area contributed by atoms with Crippen LogP contribution in [0.2, 0.25) is 0 Å². The number of piperidine rings is 1.